The molecule has 0 aromatic heterocycles. The molecule has 0 saturated carbocycles. The second-order valence-corrected chi connectivity index (χ2v) is 3.90. The largest absolute Gasteiger partial charge is 0.346 e. The van der Waals surface area contributed by atoms with E-state index in [2.05, 4.69) is 27.8 Å². The van der Waals surface area contributed by atoms with E-state index in [-0.39, 0.29) is 11.9 Å². The smallest absolute Gasteiger partial charge is 0.247 e. The van der Waals surface area contributed by atoms with Crippen LogP contribution in [0.1, 0.15) is 18.5 Å². The minimum absolute atomic E-state index is 0.00880. The Labute approximate surface area is 98.5 Å². The zero-order valence-corrected chi connectivity index (χ0v) is 10.3. The van der Waals surface area contributed by atoms with Crippen LogP contribution < -0.4 is 5.32 Å². The first-order valence-electron chi connectivity index (χ1n) is 4.74. The lowest BCUT2D eigenvalue weighted by Gasteiger charge is -2.14. The van der Waals surface area contributed by atoms with Crippen LogP contribution in [0.15, 0.2) is 42.5 Å². The fourth-order valence-corrected chi connectivity index (χ4v) is 1.44. The number of benzene rings is 1. The van der Waals surface area contributed by atoms with Crippen molar-refractivity contribution in [3.63, 3.8) is 0 Å². The molecule has 3 heteroatoms. The number of amides is 1. The quantitative estimate of drug-likeness (QED) is 0.660. The fourth-order valence-electron chi connectivity index (χ4n) is 1.18. The highest BCUT2D eigenvalue weighted by Gasteiger charge is 2.10. The number of halogens is 1. The van der Waals surface area contributed by atoms with Crippen molar-refractivity contribution in [3.05, 3.63) is 48.0 Å². The van der Waals surface area contributed by atoms with E-state index in [1.807, 2.05) is 37.3 Å². The molecule has 1 atom stereocenters. The summed E-state index contributed by atoms with van der Waals surface area (Å²) >= 11 is 3.20. The van der Waals surface area contributed by atoms with Crippen molar-refractivity contribution < 1.29 is 4.79 Å². The van der Waals surface area contributed by atoms with Gasteiger partial charge in [0, 0.05) is 10.9 Å². The number of hydrogen-bond donors (Lipinski definition) is 1. The van der Waals surface area contributed by atoms with Crippen LogP contribution in [-0.2, 0) is 4.79 Å². The maximum absolute atomic E-state index is 11.5. The highest BCUT2D eigenvalue weighted by Crippen LogP contribution is 2.11. The number of hydrogen-bond acceptors (Lipinski definition) is 1. The van der Waals surface area contributed by atoms with Gasteiger partial charge < -0.3 is 5.32 Å². The zero-order valence-electron chi connectivity index (χ0n) is 8.66. The predicted molar refractivity (Wildman–Crippen MR) is 65.9 cm³/mol. The van der Waals surface area contributed by atoms with Crippen molar-refractivity contribution in [2.75, 3.05) is 5.33 Å². The molecule has 1 unspecified atom stereocenters. The van der Waals surface area contributed by atoms with E-state index in [0.717, 1.165) is 5.56 Å². The number of carbonyl (C=O) groups excluding carboxylic acids is 1. The molecule has 1 aromatic rings. The summed E-state index contributed by atoms with van der Waals surface area (Å²) in [6, 6.07) is 9.85. The summed E-state index contributed by atoms with van der Waals surface area (Å²) in [5.74, 6) is -0.108. The molecule has 0 fully saturated rings. The standard InChI is InChI=1S/C12H14BrNO/c1-9(8-13)12(15)14-10(2)11-6-4-3-5-7-11/h3-7,10H,1,8H2,2H3,(H,14,15). The van der Waals surface area contributed by atoms with Crippen molar-refractivity contribution >= 4 is 21.8 Å². The number of rotatable bonds is 4. The van der Waals surface area contributed by atoms with Crippen LogP contribution in [0.2, 0.25) is 0 Å². The molecular weight excluding hydrogens is 254 g/mol. The van der Waals surface area contributed by atoms with Gasteiger partial charge in [-0.1, -0.05) is 52.8 Å². The molecule has 15 heavy (non-hydrogen) atoms. The van der Waals surface area contributed by atoms with Gasteiger partial charge in [0.2, 0.25) is 5.91 Å². The molecule has 1 aromatic carbocycles. The van der Waals surface area contributed by atoms with E-state index in [1.165, 1.54) is 0 Å². The van der Waals surface area contributed by atoms with Crippen molar-refractivity contribution in [1.82, 2.24) is 5.32 Å². The first-order chi connectivity index (χ1) is 7.15. The average molecular weight is 268 g/mol. The SMILES string of the molecule is C=C(CBr)C(=O)NC(C)c1ccccc1. The highest BCUT2D eigenvalue weighted by molar-refractivity contribution is 9.09. The monoisotopic (exact) mass is 267 g/mol. The van der Waals surface area contributed by atoms with E-state index >= 15 is 0 Å². The van der Waals surface area contributed by atoms with Gasteiger partial charge in [-0.2, -0.15) is 0 Å². The maximum Gasteiger partial charge on any atom is 0.247 e. The van der Waals surface area contributed by atoms with Crippen LogP contribution >= 0.6 is 15.9 Å². The number of alkyl halides is 1. The lowest BCUT2D eigenvalue weighted by atomic mass is 10.1. The molecule has 1 rings (SSSR count). The molecule has 2 nitrogen and oxygen atoms in total. The summed E-state index contributed by atoms with van der Waals surface area (Å²) in [6.07, 6.45) is 0. The average Bonchev–Trinajstić information content (AvgIpc) is 2.29. The minimum atomic E-state index is -0.108. The van der Waals surface area contributed by atoms with Crippen molar-refractivity contribution in [3.8, 4) is 0 Å². The normalized spacial score (nSPS) is 11.9. The molecule has 1 N–H and O–H groups in total. The van der Waals surface area contributed by atoms with Crippen LogP contribution in [-0.4, -0.2) is 11.2 Å². The Hall–Kier alpha value is -1.09. The Kier molecular flexibility index (Phi) is 4.56. The molecule has 0 aliphatic heterocycles. The molecule has 0 bridgehead atoms. The van der Waals surface area contributed by atoms with Gasteiger partial charge in [0.1, 0.15) is 0 Å². The van der Waals surface area contributed by atoms with Gasteiger partial charge in [-0.05, 0) is 12.5 Å². The van der Waals surface area contributed by atoms with Crippen molar-refractivity contribution in [2.45, 2.75) is 13.0 Å². The van der Waals surface area contributed by atoms with Crippen LogP contribution in [0.3, 0.4) is 0 Å². The first-order valence-corrected chi connectivity index (χ1v) is 5.87. The lowest BCUT2D eigenvalue weighted by molar-refractivity contribution is -0.118. The molecule has 0 aliphatic carbocycles. The third-order valence-corrected chi connectivity index (χ3v) is 2.81. The predicted octanol–water partition coefficient (Wildman–Crippen LogP) is 2.81. The summed E-state index contributed by atoms with van der Waals surface area (Å²) in [5, 5.41) is 3.38. The summed E-state index contributed by atoms with van der Waals surface area (Å²) in [7, 11) is 0. The number of carbonyl (C=O) groups is 1. The van der Waals surface area contributed by atoms with Gasteiger partial charge in [-0.3, -0.25) is 4.79 Å². The topological polar surface area (TPSA) is 29.1 Å². The van der Waals surface area contributed by atoms with Gasteiger partial charge >= 0.3 is 0 Å². The third kappa shape index (κ3) is 3.51. The minimum Gasteiger partial charge on any atom is -0.346 e. The van der Waals surface area contributed by atoms with E-state index < -0.39 is 0 Å². The molecular formula is C12H14BrNO. The lowest BCUT2D eigenvalue weighted by Crippen LogP contribution is -2.28. The Morgan fingerprint density at radius 3 is 2.60 bits per heavy atom. The zero-order chi connectivity index (χ0) is 11.3. The molecule has 0 saturated heterocycles. The molecule has 0 spiro atoms. The summed E-state index contributed by atoms with van der Waals surface area (Å²) in [5.41, 5.74) is 1.63. The van der Waals surface area contributed by atoms with Crippen molar-refractivity contribution in [1.29, 1.82) is 0 Å². The fraction of sp³-hybridized carbons (Fsp3) is 0.250. The highest BCUT2D eigenvalue weighted by atomic mass is 79.9. The van der Waals surface area contributed by atoms with E-state index in [4.69, 9.17) is 0 Å². The van der Waals surface area contributed by atoms with Gasteiger partial charge in [0.05, 0.1) is 6.04 Å². The summed E-state index contributed by atoms with van der Waals surface area (Å²) in [4.78, 5) is 11.5. The third-order valence-electron chi connectivity index (χ3n) is 2.13. The number of nitrogens with one attached hydrogen (secondary N) is 1. The Bertz CT molecular complexity index is 348. The summed E-state index contributed by atoms with van der Waals surface area (Å²) in [6.45, 7) is 5.61. The molecule has 0 radical (unpaired) electrons. The van der Waals surface area contributed by atoms with Crippen LogP contribution in [0.25, 0.3) is 0 Å². The second kappa shape index (κ2) is 5.71. The Balaban J connectivity index is 2.60. The Morgan fingerprint density at radius 2 is 2.07 bits per heavy atom. The van der Waals surface area contributed by atoms with Crippen LogP contribution in [0.5, 0.6) is 0 Å². The van der Waals surface area contributed by atoms with E-state index in [1.54, 1.807) is 0 Å². The van der Waals surface area contributed by atoms with Crippen LogP contribution in [0, 0.1) is 0 Å². The van der Waals surface area contributed by atoms with Crippen molar-refractivity contribution in [2.24, 2.45) is 0 Å². The first kappa shape index (κ1) is 12.0. The van der Waals surface area contributed by atoms with Gasteiger partial charge in [-0.15, -0.1) is 0 Å². The molecule has 1 amide bonds. The molecule has 0 aliphatic rings. The van der Waals surface area contributed by atoms with E-state index in [0.29, 0.717) is 10.9 Å². The van der Waals surface area contributed by atoms with Crippen LogP contribution in [0.4, 0.5) is 0 Å². The van der Waals surface area contributed by atoms with Gasteiger partial charge in [-0.25, -0.2) is 0 Å². The van der Waals surface area contributed by atoms with Gasteiger partial charge in [0.15, 0.2) is 0 Å². The second-order valence-electron chi connectivity index (χ2n) is 3.34. The molecule has 80 valence electrons. The van der Waals surface area contributed by atoms with Gasteiger partial charge in [0.25, 0.3) is 0 Å². The maximum atomic E-state index is 11.5. The summed E-state index contributed by atoms with van der Waals surface area (Å²) < 4.78 is 0. The van der Waals surface area contributed by atoms with E-state index in [9.17, 15) is 4.79 Å². The molecule has 0 heterocycles. The Morgan fingerprint density at radius 1 is 1.47 bits per heavy atom.